The fraction of sp³-hybridized carbons (Fsp3) is 0.900. The smallest absolute Gasteiger partial charge is 0.0659 e. The summed E-state index contributed by atoms with van der Waals surface area (Å²) < 4.78 is 0. The molecule has 0 radical (unpaired) electrons. The van der Waals surface area contributed by atoms with Crippen LogP contribution in [0, 0.1) is 29.1 Å². The Kier molecular flexibility index (Phi) is 3.40. The second kappa shape index (κ2) is 4.14. The van der Waals surface area contributed by atoms with Crippen molar-refractivity contribution in [2.45, 2.75) is 38.5 Å². The van der Waals surface area contributed by atoms with Crippen LogP contribution in [-0.2, 0) is 0 Å². The molecule has 0 aromatic heterocycles. The van der Waals surface area contributed by atoms with E-state index in [-0.39, 0.29) is 11.3 Å². The van der Waals surface area contributed by atoms with Gasteiger partial charge < -0.3 is 0 Å². The first-order valence-corrected chi connectivity index (χ1v) is 5.12. The lowest BCUT2D eigenvalue weighted by Crippen LogP contribution is -2.27. The Balaban J connectivity index is 2.58. The topological polar surface area (TPSA) is 23.8 Å². The average Bonchev–Trinajstić information content (AvgIpc) is 2.03. The first kappa shape index (κ1) is 9.86. The van der Waals surface area contributed by atoms with Crippen LogP contribution in [0.25, 0.3) is 0 Å². The van der Waals surface area contributed by atoms with Crippen LogP contribution in [0.3, 0.4) is 0 Å². The molecule has 1 aliphatic carbocycles. The second-order valence-corrected chi connectivity index (χ2v) is 4.67. The summed E-state index contributed by atoms with van der Waals surface area (Å²) in [5.74, 6) is 1.39. The van der Waals surface area contributed by atoms with Gasteiger partial charge in [-0.25, -0.2) is 0 Å². The number of hydrogen-bond donors (Lipinski definition) is 0. The van der Waals surface area contributed by atoms with Gasteiger partial charge in [-0.1, -0.05) is 13.8 Å². The van der Waals surface area contributed by atoms with Crippen molar-refractivity contribution in [3.05, 3.63) is 0 Å². The van der Waals surface area contributed by atoms with Crippen LogP contribution in [0.4, 0.5) is 0 Å². The number of hydrogen-bond acceptors (Lipinski definition) is 1. The third kappa shape index (κ3) is 2.14. The van der Waals surface area contributed by atoms with E-state index >= 15 is 0 Å². The van der Waals surface area contributed by atoms with Gasteiger partial charge in [0.2, 0.25) is 0 Å². The maximum Gasteiger partial charge on any atom is 0.0659 e. The summed E-state index contributed by atoms with van der Waals surface area (Å²) in [5.41, 5.74) is 0. The van der Waals surface area contributed by atoms with Crippen LogP contribution in [0.2, 0.25) is 0 Å². The van der Waals surface area contributed by atoms with E-state index in [1.54, 1.807) is 0 Å². The fourth-order valence-electron chi connectivity index (χ4n) is 2.09. The van der Waals surface area contributed by atoms with Gasteiger partial charge in [0.05, 0.1) is 12.0 Å². The number of halogens is 1. The van der Waals surface area contributed by atoms with Crippen LogP contribution in [-0.4, -0.2) is 5.38 Å². The molecule has 0 saturated heterocycles. The van der Waals surface area contributed by atoms with E-state index in [0.717, 1.165) is 19.3 Å². The van der Waals surface area contributed by atoms with E-state index in [1.165, 1.54) is 0 Å². The second-order valence-electron chi connectivity index (χ2n) is 4.05. The molecule has 0 aromatic carbocycles. The molecule has 0 amide bonds. The number of nitrogens with zero attached hydrogens (tertiary/aromatic N) is 1. The van der Waals surface area contributed by atoms with Crippen molar-refractivity contribution in [2.75, 3.05) is 0 Å². The van der Waals surface area contributed by atoms with Gasteiger partial charge in [-0.2, -0.15) is 5.26 Å². The Labute approximate surface area is 79.7 Å². The highest BCUT2D eigenvalue weighted by Crippen LogP contribution is 2.36. The SMILES string of the molecule is CC(C)C1CCC(Cl)CC1C#N. The summed E-state index contributed by atoms with van der Waals surface area (Å²) in [5, 5.41) is 9.16. The lowest BCUT2D eigenvalue weighted by Gasteiger charge is -2.32. The summed E-state index contributed by atoms with van der Waals surface area (Å²) in [4.78, 5) is 0. The molecule has 0 bridgehead atoms. The average molecular weight is 186 g/mol. The molecule has 1 fully saturated rings. The highest BCUT2D eigenvalue weighted by atomic mass is 35.5. The third-order valence-electron chi connectivity index (χ3n) is 2.86. The molecule has 3 atom stereocenters. The molecule has 0 aliphatic heterocycles. The van der Waals surface area contributed by atoms with E-state index in [2.05, 4.69) is 19.9 Å². The first-order chi connectivity index (χ1) is 5.65. The molecule has 0 aromatic rings. The largest absolute Gasteiger partial charge is 0.198 e. The van der Waals surface area contributed by atoms with Crippen molar-refractivity contribution in [1.29, 1.82) is 5.26 Å². The molecule has 0 heterocycles. The number of alkyl halides is 1. The Hall–Kier alpha value is -0.220. The molecule has 12 heavy (non-hydrogen) atoms. The third-order valence-corrected chi connectivity index (χ3v) is 3.26. The van der Waals surface area contributed by atoms with Crippen LogP contribution in [0.15, 0.2) is 0 Å². The highest BCUT2D eigenvalue weighted by molar-refractivity contribution is 6.20. The van der Waals surface area contributed by atoms with Gasteiger partial charge in [0, 0.05) is 5.38 Å². The van der Waals surface area contributed by atoms with E-state index in [4.69, 9.17) is 16.9 Å². The van der Waals surface area contributed by atoms with Crippen LogP contribution in [0.1, 0.15) is 33.1 Å². The molecular formula is C10H16ClN. The van der Waals surface area contributed by atoms with Crippen molar-refractivity contribution in [1.82, 2.24) is 0 Å². The Morgan fingerprint density at radius 1 is 1.42 bits per heavy atom. The summed E-state index contributed by atoms with van der Waals surface area (Å²) in [6.07, 6.45) is 3.10. The molecule has 0 N–H and O–H groups in total. The van der Waals surface area contributed by atoms with Crippen molar-refractivity contribution in [3.8, 4) is 6.07 Å². The molecule has 68 valence electrons. The summed E-state index contributed by atoms with van der Waals surface area (Å²) in [7, 11) is 0. The molecular weight excluding hydrogens is 170 g/mol. The highest BCUT2D eigenvalue weighted by Gasteiger charge is 2.31. The van der Waals surface area contributed by atoms with Gasteiger partial charge in [0.25, 0.3) is 0 Å². The van der Waals surface area contributed by atoms with Crippen molar-refractivity contribution < 1.29 is 0 Å². The normalized spacial score (nSPS) is 36.4. The van der Waals surface area contributed by atoms with E-state index in [1.807, 2.05) is 0 Å². The van der Waals surface area contributed by atoms with Gasteiger partial charge in [-0.3, -0.25) is 0 Å². The van der Waals surface area contributed by atoms with E-state index < -0.39 is 0 Å². The van der Waals surface area contributed by atoms with Gasteiger partial charge in [0.1, 0.15) is 0 Å². The quantitative estimate of drug-likeness (QED) is 0.576. The zero-order valence-electron chi connectivity index (χ0n) is 7.76. The first-order valence-electron chi connectivity index (χ1n) is 4.68. The Morgan fingerprint density at radius 2 is 2.08 bits per heavy atom. The Morgan fingerprint density at radius 3 is 2.58 bits per heavy atom. The van der Waals surface area contributed by atoms with E-state index in [9.17, 15) is 0 Å². The monoisotopic (exact) mass is 185 g/mol. The molecule has 3 unspecified atom stereocenters. The zero-order chi connectivity index (χ0) is 9.14. The molecule has 1 rings (SSSR count). The minimum atomic E-state index is 0.196. The molecule has 1 nitrogen and oxygen atoms in total. The standard InChI is InChI=1S/C10H16ClN/c1-7(2)10-4-3-9(11)5-8(10)6-12/h7-10H,3-5H2,1-2H3. The minimum absolute atomic E-state index is 0.196. The molecule has 1 aliphatic rings. The van der Waals surface area contributed by atoms with Crippen LogP contribution < -0.4 is 0 Å². The summed E-state index contributed by atoms with van der Waals surface area (Å²) in [6, 6.07) is 2.38. The number of nitriles is 1. The van der Waals surface area contributed by atoms with Gasteiger partial charge in [-0.15, -0.1) is 11.6 Å². The van der Waals surface area contributed by atoms with Gasteiger partial charge >= 0.3 is 0 Å². The molecule has 2 heteroatoms. The van der Waals surface area contributed by atoms with Crippen molar-refractivity contribution in [3.63, 3.8) is 0 Å². The lowest BCUT2D eigenvalue weighted by atomic mass is 9.74. The van der Waals surface area contributed by atoms with Crippen molar-refractivity contribution >= 4 is 11.6 Å². The number of rotatable bonds is 1. The van der Waals surface area contributed by atoms with Crippen LogP contribution >= 0.6 is 11.6 Å². The Bertz CT molecular complexity index is 183. The summed E-state index contributed by atoms with van der Waals surface area (Å²) >= 11 is 6.01. The van der Waals surface area contributed by atoms with E-state index in [0.29, 0.717) is 11.8 Å². The summed E-state index contributed by atoms with van der Waals surface area (Å²) in [6.45, 7) is 4.40. The fourth-order valence-corrected chi connectivity index (χ4v) is 2.41. The van der Waals surface area contributed by atoms with Gasteiger partial charge in [0.15, 0.2) is 0 Å². The van der Waals surface area contributed by atoms with Crippen molar-refractivity contribution in [2.24, 2.45) is 17.8 Å². The zero-order valence-corrected chi connectivity index (χ0v) is 8.51. The van der Waals surface area contributed by atoms with Gasteiger partial charge in [-0.05, 0) is 31.1 Å². The van der Waals surface area contributed by atoms with Crippen LogP contribution in [0.5, 0.6) is 0 Å². The minimum Gasteiger partial charge on any atom is -0.198 e. The maximum absolute atomic E-state index is 8.92. The molecule has 1 saturated carbocycles. The lowest BCUT2D eigenvalue weighted by molar-refractivity contribution is 0.226. The predicted molar refractivity (Wildman–Crippen MR) is 50.9 cm³/mol. The molecule has 0 spiro atoms. The maximum atomic E-state index is 8.92. The predicted octanol–water partition coefficient (Wildman–Crippen LogP) is 3.19.